The summed E-state index contributed by atoms with van der Waals surface area (Å²) < 4.78 is 5.82. The van der Waals surface area contributed by atoms with Gasteiger partial charge in [0.05, 0.1) is 12.1 Å². The quantitative estimate of drug-likeness (QED) is 0.353. The third kappa shape index (κ3) is 5.43. The minimum Gasteiger partial charge on any atom is -0.453 e. The van der Waals surface area contributed by atoms with Crippen molar-refractivity contribution in [1.29, 1.82) is 0 Å². The maximum atomic E-state index is 13.2. The molecule has 3 aromatic carbocycles. The summed E-state index contributed by atoms with van der Waals surface area (Å²) in [5, 5.41) is 0. The van der Waals surface area contributed by atoms with Gasteiger partial charge in [0.2, 0.25) is 5.91 Å². The van der Waals surface area contributed by atoms with Gasteiger partial charge in [-0.15, -0.1) is 0 Å². The minimum absolute atomic E-state index is 0.0487. The van der Waals surface area contributed by atoms with Gasteiger partial charge in [-0.25, -0.2) is 9.69 Å². The monoisotopic (exact) mass is 485 g/mol. The summed E-state index contributed by atoms with van der Waals surface area (Å²) in [5.41, 5.74) is 2.42. The maximum Gasteiger partial charge on any atom is 0.336 e. The molecule has 1 unspecified atom stereocenters. The van der Waals surface area contributed by atoms with Crippen LogP contribution in [-0.4, -0.2) is 49.4 Å². The van der Waals surface area contributed by atoms with Gasteiger partial charge >= 0.3 is 12.0 Å². The van der Waals surface area contributed by atoms with E-state index in [0.29, 0.717) is 16.9 Å². The molecule has 36 heavy (non-hydrogen) atoms. The Labute approximate surface area is 209 Å². The zero-order chi connectivity index (χ0) is 25.7. The van der Waals surface area contributed by atoms with E-state index in [1.807, 2.05) is 36.4 Å². The molecule has 0 aliphatic carbocycles. The number of rotatable bonds is 8. The number of para-hydroxylation sites is 1. The zero-order valence-corrected chi connectivity index (χ0v) is 20.2. The molecule has 3 aromatic rings. The van der Waals surface area contributed by atoms with Crippen LogP contribution >= 0.6 is 0 Å². The molecule has 0 N–H and O–H groups in total. The summed E-state index contributed by atoms with van der Waals surface area (Å²) in [5.74, 6) is -0.995. The highest BCUT2D eigenvalue weighted by molar-refractivity contribution is 6.26. The second-order valence-electron chi connectivity index (χ2n) is 8.60. The largest absolute Gasteiger partial charge is 0.453 e. The van der Waals surface area contributed by atoms with Crippen LogP contribution in [0, 0.1) is 0 Å². The SMILES string of the molecule is CN(C)C(=O)CCC(=O)OC(c1ccccc1)c1cccc(N2CC(=O)N(c3ccccc3)C2=O)c1. The molecule has 0 radical (unpaired) electrons. The Hall–Kier alpha value is -4.46. The first-order chi connectivity index (χ1) is 17.3. The number of esters is 1. The molecule has 0 bridgehead atoms. The van der Waals surface area contributed by atoms with Crippen LogP contribution in [-0.2, 0) is 19.1 Å². The third-order valence-electron chi connectivity index (χ3n) is 5.86. The standard InChI is InChI=1S/C28H27N3O5/c1-29(2)24(32)16-17-26(34)36-27(20-10-5-3-6-11-20)21-12-9-15-23(18-21)30-19-25(33)31(28(30)35)22-13-7-4-8-14-22/h3-15,18,27H,16-17,19H2,1-2H3. The Morgan fingerprint density at radius 2 is 1.44 bits per heavy atom. The van der Waals surface area contributed by atoms with Crippen LogP contribution in [0.3, 0.4) is 0 Å². The molecular formula is C28H27N3O5. The van der Waals surface area contributed by atoms with Crippen LogP contribution in [0.4, 0.5) is 16.2 Å². The number of hydrogen-bond acceptors (Lipinski definition) is 5. The number of hydrogen-bond donors (Lipinski definition) is 0. The first-order valence-corrected chi connectivity index (χ1v) is 11.6. The van der Waals surface area contributed by atoms with Crippen LogP contribution in [0.15, 0.2) is 84.9 Å². The average Bonchev–Trinajstić information content (AvgIpc) is 3.20. The number of benzene rings is 3. The Kier molecular flexibility index (Phi) is 7.44. The second-order valence-corrected chi connectivity index (χ2v) is 8.60. The van der Waals surface area contributed by atoms with Crippen molar-refractivity contribution in [3.8, 4) is 0 Å². The van der Waals surface area contributed by atoms with Crippen LogP contribution in [0.25, 0.3) is 0 Å². The molecule has 8 nitrogen and oxygen atoms in total. The number of anilines is 2. The van der Waals surface area contributed by atoms with E-state index >= 15 is 0 Å². The van der Waals surface area contributed by atoms with Gasteiger partial charge in [-0.1, -0.05) is 60.7 Å². The lowest BCUT2D eigenvalue weighted by atomic mass is 10.0. The van der Waals surface area contributed by atoms with Gasteiger partial charge in [-0.3, -0.25) is 19.3 Å². The van der Waals surface area contributed by atoms with Crippen molar-refractivity contribution in [2.75, 3.05) is 30.4 Å². The highest BCUT2D eigenvalue weighted by atomic mass is 16.5. The first kappa shape index (κ1) is 24.7. The van der Waals surface area contributed by atoms with Crippen LogP contribution in [0.5, 0.6) is 0 Å². The Morgan fingerprint density at radius 3 is 2.11 bits per heavy atom. The molecule has 0 aromatic heterocycles. The van der Waals surface area contributed by atoms with E-state index in [4.69, 9.17) is 4.74 Å². The fourth-order valence-corrected chi connectivity index (χ4v) is 3.97. The van der Waals surface area contributed by atoms with Crippen molar-refractivity contribution in [3.05, 3.63) is 96.1 Å². The molecule has 0 saturated carbocycles. The lowest BCUT2D eigenvalue weighted by Gasteiger charge is -2.22. The van der Waals surface area contributed by atoms with E-state index in [0.717, 1.165) is 10.5 Å². The smallest absolute Gasteiger partial charge is 0.336 e. The van der Waals surface area contributed by atoms with Crippen molar-refractivity contribution in [1.82, 2.24) is 4.90 Å². The minimum atomic E-state index is -0.744. The number of imide groups is 1. The summed E-state index contributed by atoms with van der Waals surface area (Å²) in [4.78, 5) is 54.4. The number of amides is 4. The molecule has 8 heteroatoms. The zero-order valence-electron chi connectivity index (χ0n) is 20.2. The normalized spacial score (nSPS) is 14.1. The lowest BCUT2D eigenvalue weighted by molar-refractivity contribution is -0.149. The maximum absolute atomic E-state index is 13.2. The average molecular weight is 486 g/mol. The number of carbonyl (C=O) groups is 4. The predicted molar refractivity (Wildman–Crippen MR) is 135 cm³/mol. The molecule has 1 aliphatic rings. The van der Waals surface area contributed by atoms with E-state index in [1.165, 1.54) is 9.80 Å². The predicted octanol–water partition coefficient (Wildman–Crippen LogP) is 4.16. The summed E-state index contributed by atoms with van der Waals surface area (Å²) in [6, 6.07) is 24.6. The molecular weight excluding hydrogens is 458 g/mol. The van der Waals surface area contributed by atoms with Gasteiger partial charge in [-0.05, 0) is 35.4 Å². The molecule has 1 heterocycles. The van der Waals surface area contributed by atoms with E-state index < -0.39 is 18.1 Å². The molecule has 4 rings (SSSR count). The van der Waals surface area contributed by atoms with Crippen LogP contribution in [0.1, 0.15) is 30.1 Å². The van der Waals surface area contributed by atoms with Crippen molar-refractivity contribution in [2.24, 2.45) is 0 Å². The molecule has 1 atom stereocenters. The molecule has 4 amide bonds. The number of carbonyl (C=O) groups excluding carboxylic acids is 4. The van der Waals surface area contributed by atoms with Gasteiger partial charge in [0.15, 0.2) is 6.10 Å². The van der Waals surface area contributed by atoms with Gasteiger partial charge in [0, 0.05) is 26.2 Å². The van der Waals surface area contributed by atoms with E-state index in [2.05, 4.69) is 0 Å². The highest BCUT2D eigenvalue weighted by Crippen LogP contribution is 2.32. The number of ether oxygens (including phenoxy) is 1. The second kappa shape index (κ2) is 10.9. The van der Waals surface area contributed by atoms with E-state index in [9.17, 15) is 19.2 Å². The number of urea groups is 1. The summed E-state index contributed by atoms with van der Waals surface area (Å²) >= 11 is 0. The Balaban J connectivity index is 1.59. The highest BCUT2D eigenvalue weighted by Gasteiger charge is 2.38. The molecule has 1 aliphatic heterocycles. The third-order valence-corrected chi connectivity index (χ3v) is 5.86. The van der Waals surface area contributed by atoms with Crippen molar-refractivity contribution in [3.63, 3.8) is 0 Å². The Morgan fingerprint density at radius 1 is 0.833 bits per heavy atom. The first-order valence-electron chi connectivity index (χ1n) is 11.6. The summed E-state index contributed by atoms with van der Waals surface area (Å²) in [6.45, 7) is -0.0976. The van der Waals surface area contributed by atoms with Crippen molar-refractivity contribution < 1.29 is 23.9 Å². The topological polar surface area (TPSA) is 87.2 Å². The van der Waals surface area contributed by atoms with E-state index in [1.54, 1.807) is 62.6 Å². The lowest BCUT2D eigenvalue weighted by Crippen LogP contribution is -2.33. The van der Waals surface area contributed by atoms with Gasteiger partial charge in [0.25, 0.3) is 5.91 Å². The van der Waals surface area contributed by atoms with Gasteiger partial charge < -0.3 is 9.64 Å². The van der Waals surface area contributed by atoms with E-state index in [-0.39, 0.29) is 31.2 Å². The Bertz CT molecular complexity index is 1260. The summed E-state index contributed by atoms with van der Waals surface area (Å²) in [7, 11) is 3.27. The summed E-state index contributed by atoms with van der Waals surface area (Å²) in [6.07, 6.45) is -0.745. The van der Waals surface area contributed by atoms with Crippen molar-refractivity contribution >= 4 is 35.2 Å². The number of nitrogens with zero attached hydrogens (tertiary/aromatic N) is 3. The van der Waals surface area contributed by atoms with Crippen molar-refractivity contribution in [2.45, 2.75) is 18.9 Å². The molecule has 1 saturated heterocycles. The van der Waals surface area contributed by atoms with Gasteiger partial charge in [0.1, 0.15) is 6.54 Å². The fraction of sp³-hybridized carbons (Fsp3) is 0.214. The molecule has 184 valence electrons. The molecule has 1 fully saturated rings. The molecule has 0 spiro atoms. The van der Waals surface area contributed by atoms with Crippen LogP contribution in [0.2, 0.25) is 0 Å². The van der Waals surface area contributed by atoms with Gasteiger partial charge in [-0.2, -0.15) is 0 Å². The fourth-order valence-electron chi connectivity index (χ4n) is 3.97. The van der Waals surface area contributed by atoms with Crippen LogP contribution < -0.4 is 9.80 Å².